The van der Waals surface area contributed by atoms with E-state index >= 15 is 0 Å². The van der Waals surface area contributed by atoms with Crippen LogP contribution in [0.1, 0.15) is 41.0 Å². The second kappa shape index (κ2) is 9.78. The Morgan fingerprint density at radius 1 is 1.32 bits per heavy atom. The van der Waals surface area contributed by atoms with Gasteiger partial charge in [-0.3, -0.25) is 9.59 Å². The highest BCUT2D eigenvalue weighted by Crippen LogP contribution is 2.26. The van der Waals surface area contributed by atoms with Gasteiger partial charge in [-0.1, -0.05) is 51.1 Å². The molecule has 2 heterocycles. The summed E-state index contributed by atoms with van der Waals surface area (Å²) in [6.45, 7) is 12.5. The standard InChI is InChI=1S/C19H30ClN5O2S/c1-6-7-21-16(26)12-28-18-22-14(20)10-15(23-18)24-8-9-25(13(2)11-24)17(27)19(3,4)5/h10,13H,6-9,11-12H2,1-5H3,(H,21,26). The maximum atomic E-state index is 12.6. The smallest absolute Gasteiger partial charge is 0.230 e. The molecule has 1 aromatic heterocycles. The lowest BCUT2D eigenvalue weighted by molar-refractivity contribution is -0.142. The molecule has 9 heteroatoms. The number of anilines is 1. The molecule has 1 aromatic rings. The summed E-state index contributed by atoms with van der Waals surface area (Å²) in [7, 11) is 0. The summed E-state index contributed by atoms with van der Waals surface area (Å²) in [6, 6.07) is 1.81. The van der Waals surface area contributed by atoms with Crippen molar-refractivity contribution in [2.75, 3.05) is 36.8 Å². The number of rotatable bonds is 6. The average Bonchev–Trinajstić information content (AvgIpc) is 2.62. The number of amides is 2. The van der Waals surface area contributed by atoms with E-state index in [1.165, 1.54) is 11.8 Å². The van der Waals surface area contributed by atoms with Gasteiger partial charge in [-0.15, -0.1) is 0 Å². The van der Waals surface area contributed by atoms with Gasteiger partial charge in [0.05, 0.1) is 5.75 Å². The van der Waals surface area contributed by atoms with Gasteiger partial charge < -0.3 is 15.1 Å². The molecule has 0 aromatic carbocycles. The average molecular weight is 428 g/mol. The van der Waals surface area contributed by atoms with Crippen molar-refractivity contribution in [2.24, 2.45) is 5.41 Å². The Balaban J connectivity index is 2.03. The molecule has 0 saturated carbocycles. The Bertz CT molecular complexity index is 710. The summed E-state index contributed by atoms with van der Waals surface area (Å²) < 4.78 is 0. The molecule has 156 valence electrons. The van der Waals surface area contributed by atoms with Crippen LogP contribution in [0, 0.1) is 5.41 Å². The van der Waals surface area contributed by atoms with Gasteiger partial charge in [-0.25, -0.2) is 9.97 Å². The van der Waals surface area contributed by atoms with Crippen molar-refractivity contribution < 1.29 is 9.59 Å². The number of hydrogen-bond acceptors (Lipinski definition) is 6. The molecule has 1 fully saturated rings. The number of nitrogens with one attached hydrogen (secondary N) is 1. The second-order valence-corrected chi connectivity index (χ2v) is 9.34. The third kappa shape index (κ3) is 6.24. The lowest BCUT2D eigenvalue weighted by Gasteiger charge is -2.42. The van der Waals surface area contributed by atoms with Gasteiger partial charge in [0.1, 0.15) is 11.0 Å². The van der Waals surface area contributed by atoms with Gasteiger partial charge >= 0.3 is 0 Å². The molecule has 1 saturated heterocycles. The van der Waals surface area contributed by atoms with Crippen LogP contribution in [0.5, 0.6) is 0 Å². The van der Waals surface area contributed by atoms with Crippen molar-refractivity contribution >= 4 is 41.0 Å². The first-order valence-electron chi connectivity index (χ1n) is 9.62. The van der Waals surface area contributed by atoms with Crippen molar-refractivity contribution in [3.63, 3.8) is 0 Å². The van der Waals surface area contributed by atoms with Crippen LogP contribution in [-0.4, -0.2) is 64.7 Å². The van der Waals surface area contributed by atoms with E-state index in [0.717, 1.165) is 12.2 Å². The topological polar surface area (TPSA) is 78.4 Å². The summed E-state index contributed by atoms with van der Waals surface area (Å²) in [5, 5.41) is 3.66. The number of aromatic nitrogens is 2. The molecular weight excluding hydrogens is 398 g/mol. The molecule has 1 aliphatic heterocycles. The summed E-state index contributed by atoms with van der Waals surface area (Å²) in [5.41, 5.74) is -0.392. The minimum absolute atomic E-state index is 0.0418. The van der Waals surface area contributed by atoms with E-state index in [9.17, 15) is 9.59 Å². The lowest BCUT2D eigenvalue weighted by Crippen LogP contribution is -2.56. The molecule has 1 N–H and O–H groups in total. The van der Waals surface area contributed by atoms with Crippen molar-refractivity contribution in [3.8, 4) is 0 Å². The first kappa shape index (κ1) is 22.7. The zero-order chi connectivity index (χ0) is 20.9. The van der Waals surface area contributed by atoms with Gasteiger partial charge in [-0.2, -0.15) is 0 Å². The number of piperazine rings is 1. The Labute approximate surface area is 176 Å². The maximum absolute atomic E-state index is 12.6. The van der Waals surface area contributed by atoms with Gasteiger partial charge in [0.25, 0.3) is 0 Å². The van der Waals surface area contributed by atoms with Crippen LogP contribution in [0.4, 0.5) is 5.82 Å². The molecular formula is C19H30ClN5O2S. The molecule has 0 bridgehead atoms. The van der Waals surface area contributed by atoms with Crippen LogP contribution in [0.2, 0.25) is 5.15 Å². The molecule has 1 unspecified atom stereocenters. The molecule has 0 spiro atoms. The number of carbonyl (C=O) groups excluding carboxylic acids is 2. The number of halogens is 1. The molecule has 7 nitrogen and oxygen atoms in total. The third-order valence-corrected chi connectivity index (χ3v) is 5.46. The monoisotopic (exact) mass is 427 g/mol. The third-order valence-electron chi connectivity index (χ3n) is 4.42. The van der Waals surface area contributed by atoms with Crippen molar-refractivity contribution in [1.82, 2.24) is 20.2 Å². The zero-order valence-electron chi connectivity index (χ0n) is 17.3. The number of carbonyl (C=O) groups is 2. The summed E-state index contributed by atoms with van der Waals surface area (Å²) in [6.07, 6.45) is 0.899. The minimum atomic E-state index is -0.392. The quantitative estimate of drug-likeness (QED) is 0.427. The van der Waals surface area contributed by atoms with Crippen LogP contribution in [0.3, 0.4) is 0 Å². The highest BCUT2D eigenvalue weighted by atomic mass is 35.5. The highest BCUT2D eigenvalue weighted by molar-refractivity contribution is 7.99. The number of thioether (sulfide) groups is 1. The van der Waals surface area contributed by atoms with E-state index in [1.54, 1.807) is 6.07 Å². The molecule has 2 rings (SSSR count). The minimum Gasteiger partial charge on any atom is -0.355 e. The van der Waals surface area contributed by atoms with Crippen LogP contribution in [0.25, 0.3) is 0 Å². The van der Waals surface area contributed by atoms with Crippen LogP contribution < -0.4 is 10.2 Å². The molecule has 2 amide bonds. The van der Waals surface area contributed by atoms with E-state index in [0.29, 0.717) is 36.5 Å². The molecule has 0 aliphatic carbocycles. The maximum Gasteiger partial charge on any atom is 0.230 e. The highest BCUT2D eigenvalue weighted by Gasteiger charge is 2.34. The van der Waals surface area contributed by atoms with Gasteiger partial charge in [0, 0.05) is 43.7 Å². The fraction of sp³-hybridized carbons (Fsp3) is 0.684. The molecule has 1 atom stereocenters. The normalized spacial score (nSPS) is 17.6. The largest absolute Gasteiger partial charge is 0.355 e. The first-order chi connectivity index (χ1) is 13.1. The molecule has 28 heavy (non-hydrogen) atoms. The van der Waals surface area contributed by atoms with Crippen LogP contribution in [-0.2, 0) is 9.59 Å². The van der Waals surface area contributed by atoms with Crippen molar-refractivity contribution in [3.05, 3.63) is 11.2 Å². The predicted molar refractivity (Wildman–Crippen MR) is 114 cm³/mol. The Morgan fingerprint density at radius 2 is 2.04 bits per heavy atom. The Kier molecular flexibility index (Phi) is 7.95. The first-order valence-corrected chi connectivity index (χ1v) is 11.0. The fourth-order valence-corrected chi connectivity index (χ4v) is 3.87. The van der Waals surface area contributed by atoms with E-state index in [1.807, 2.05) is 39.5 Å². The van der Waals surface area contributed by atoms with Crippen LogP contribution >= 0.6 is 23.4 Å². The van der Waals surface area contributed by atoms with Gasteiger partial charge in [0.2, 0.25) is 11.8 Å². The SMILES string of the molecule is CCCNC(=O)CSc1nc(Cl)cc(N2CCN(C(=O)C(C)(C)C)C(C)C2)n1. The second-order valence-electron chi connectivity index (χ2n) is 8.01. The number of hydrogen-bond donors (Lipinski definition) is 1. The van der Waals surface area contributed by atoms with E-state index in [4.69, 9.17) is 11.6 Å². The van der Waals surface area contributed by atoms with Crippen molar-refractivity contribution in [2.45, 2.75) is 52.2 Å². The summed E-state index contributed by atoms with van der Waals surface area (Å²) in [5.74, 6) is 1.10. The Hall–Kier alpha value is -1.54. The summed E-state index contributed by atoms with van der Waals surface area (Å²) in [4.78, 5) is 37.3. The zero-order valence-corrected chi connectivity index (χ0v) is 18.9. The van der Waals surface area contributed by atoms with E-state index in [-0.39, 0.29) is 23.6 Å². The predicted octanol–water partition coefficient (Wildman–Crippen LogP) is 2.83. The van der Waals surface area contributed by atoms with Gasteiger partial charge in [-0.05, 0) is 13.3 Å². The molecule has 0 radical (unpaired) electrons. The van der Waals surface area contributed by atoms with E-state index in [2.05, 4.69) is 20.2 Å². The Morgan fingerprint density at radius 3 is 2.64 bits per heavy atom. The number of nitrogens with zero attached hydrogens (tertiary/aromatic N) is 4. The lowest BCUT2D eigenvalue weighted by atomic mass is 9.93. The van der Waals surface area contributed by atoms with Crippen molar-refractivity contribution in [1.29, 1.82) is 0 Å². The van der Waals surface area contributed by atoms with E-state index < -0.39 is 5.41 Å². The van der Waals surface area contributed by atoms with Gasteiger partial charge in [0.15, 0.2) is 5.16 Å². The fourth-order valence-electron chi connectivity index (χ4n) is 2.96. The van der Waals surface area contributed by atoms with Crippen LogP contribution in [0.15, 0.2) is 11.2 Å². The molecule has 1 aliphatic rings. The summed E-state index contributed by atoms with van der Waals surface area (Å²) >= 11 is 7.46.